The van der Waals surface area contributed by atoms with E-state index in [4.69, 9.17) is 16.3 Å². The summed E-state index contributed by atoms with van der Waals surface area (Å²) in [5, 5.41) is 11.5. The number of anilines is 1. The van der Waals surface area contributed by atoms with Gasteiger partial charge in [-0.15, -0.1) is 6.42 Å². The van der Waals surface area contributed by atoms with E-state index in [1.165, 1.54) is 0 Å². The number of terminal acetylenes is 1. The average Bonchev–Trinajstić information content (AvgIpc) is 2.29. The molecule has 112 valence electrons. The topological polar surface area (TPSA) is 75.6 Å². The second-order valence-electron chi connectivity index (χ2n) is 5.66. The van der Waals surface area contributed by atoms with Crippen molar-refractivity contribution in [2.75, 3.05) is 5.32 Å². The maximum absolute atomic E-state index is 11.8. The van der Waals surface area contributed by atoms with Gasteiger partial charge in [0.15, 0.2) is 0 Å². The summed E-state index contributed by atoms with van der Waals surface area (Å²) in [7, 11) is 0. The fraction of sp³-hybridized carbons (Fsp3) is 0.375. The molecule has 0 unspecified atom stereocenters. The second kappa shape index (κ2) is 6.31. The molecule has 0 bridgehead atoms. The van der Waals surface area contributed by atoms with Crippen molar-refractivity contribution < 1.29 is 19.4 Å². The van der Waals surface area contributed by atoms with Crippen LogP contribution in [0.15, 0.2) is 12.1 Å². The minimum Gasteiger partial charge on any atom is -0.481 e. The lowest BCUT2D eigenvalue weighted by Crippen LogP contribution is -2.27. The quantitative estimate of drug-likeness (QED) is 0.839. The Labute approximate surface area is 124 Å². The summed E-state index contributed by atoms with van der Waals surface area (Å²) in [4.78, 5) is 22.6. The Kier molecular flexibility index (Phi) is 4.98. The first-order valence-electron chi connectivity index (χ1n) is 6.44. The molecule has 0 fully saturated rings. The van der Waals surface area contributed by atoms with Gasteiger partial charge in [0.25, 0.3) is 0 Å². The molecular weight excluding hydrogens is 270 g/mol. The third kappa shape index (κ3) is 5.19. The van der Waals surface area contributed by atoms with Crippen LogP contribution >= 0.6 is 0 Å². The number of ether oxygens (including phenoxy) is 1. The number of carbonyl (C=O) groups excluding carboxylic acids is 1. The zero-order valence-electron chi connectivity index (χ0n) is 12.6. The fourth-order valence-electron chi connectivity index (χ4n) is 1.74. The molecule has 0 aliphatic carbocycles. The highest BCUT2D eigenvalue weighted by Gasteiger charge is 2.18. The van der Waals surface area contributed by atoms with Gasteiger partial charge in [-0.25, -0.2) is 4.79 Å². The van der Waals surface area contributed by atoms with Crippen molar-refractivity contribution in [1.29, 1.82) is 0 Å². The van der Waals surface area contributed by atoms with E-state index in [0.29, 0.717) is 22.4 Å². The summed E-state index contributed by atoms with van der Waals surface area (Å²) in [5.74, 6) is 1.52. The van der Waals surface area contributed by atoms with Crippen molar-refractivity contribution in [3.63, 3.8) is 0 Å². The zero-order chi connectivity index (χ0) is 16.2. The number of rotatable bonds is 3. The van der Waals surface area contributed by atoms with Crippen LogP contribution in [-0.4, -0.2) is 22.8 Å². The summed E-state index contributed by atoms with van der Waals surface area (Å²) in [6, 6.07) is 3.22. The van der Waals surface area contributed by atoms with Gasteiger partial charge in [-0.1, -0.05) is 5.92 Å². The molecule has 5 nitrogen and oxygen atoms in total. The molecule has 0 aliphatic heterocycles. The first-order chi connectivity index (χ1) is 9.62. The molecule has 0 radical (unpaired) electrons. The second-order valence-corrected chi connectivity index (χ2v) is 5.66. The van der Waals surface area contributed by atoms with Gasteiger partial charge in [-0.05, 0) is 51.0 Å². The minimum absolute atomic E-state index is 0.169. The number of hydrogen-bond donors (Lipinski definition) is 2. The molecule has 1 amide bonds. The fourth-order valence-corrected chi connectivity index (χ4v) is 1.74. The first kappa shape index (κ1) is 16.6. The maximum atomic E-state index is 11.8. The van der Waals surface area contributed by atoms with E-state index in [1.54, 1.807) is 39.8 Å². The molecule has 0 heterocycles. The summed E-state index contributed by atoms with van der Waals surface area (Å²) in [5.41, 5.74) is 1.59. The molecule has 0 saturated carbocycles. The molecule has 0 spiro atoms. The van der Waals surface area contributed by atoms with Gasteiger partial charge < -0.3 is 9.84 Å². The van der Waals surface area contributed by atoms with Crippen LogP contribution in [0.2, 0.25) is 0 Å². The van der Waals surface area contributed by atoms with E-state index >= 15 is 0 Å². The minimum atomic E-state index is -0.968. The lowest BCUT2D eigenvalue weighted by Gasteiger charge is -2.20. The summed E-state index contributed by atoms with van der Waals surface area (Å²) >= 11 is 0. The Morgan fingerprint density at radius 2 is 2.00 bits per heavy atom. The van der Waals surface area contributed by atoms with E-state index in [9.17, 15) is 9.59 Å². The lowest BCUT2D eigenvalue weighted by atomic mass is 10.0. The molecule has 1 aromatic rings. The number of carbonyl (C=O) groups is 2. The van der Waals surface area contributed by atoms with Gasteiger partial charge >= 0.3 is 12.1 Å². The Hall–Kier alpha value is -2.48. The molecule has 0 atom stereocenters. The molecule has 0 aliphatic rings. The number of carboxylic acids is 1. The molecular formula is C16H19NO4. The molecule has 21 heavy (non-hydrogen) atoms. The third-order valence-electron chi connectivity index (χ3n) is 2.61. The first-order valence-corrected chi connectivity index (χ1v) is 6.44. The van der Waals surface area contributed by atoms with Crippen molar-refractivity contribution in [2.24, 2.45) is 0 Å². The van der Waals surface area contributed by atoms with Crippen LogP contribution in [0.1, 0.15) is 37.5 Å². The van der Waals surface area contributed by atoms with Gasteiger partial charge in [-0.3, -0.25) is 10.1 Å². The van der Waals surface area contributed by atoms with Gasteiger partial charge in [0, 0.05) is 11.3 Å². The monoisotopic (exact) mass is 289 g/mol. The summed E-state index contributed by atoms with van der Waals surface area (Å²) in [6.07, 6.45) is 4.63. The predicted octanol–water partition coefficient (Wildman–Crippen LogP) is 2.95. The standard InChI is InChI=1S/C16H19NO4/c1-6-12-7-11(9-14(18)19)8-13(10(12)2)17-15(20)21-16(3,4)5/h1,7-8H,9H2,2-5H3,(H,17,20)(H,18,19). The van der Waals surface area contributed by atoms with E-state index in [-0.39, 0.29) is 6.42 Å². The van der Waals surface area contributed by atoms with Crippen molar-refractivity contribution in [1.82, 2.24) is 0 Å². The van der Waals surface area contributed by atoms with Gasteiger partial charge in [0.2, 0.25) is 0 Å². The highest BCUT2D eigenvalue weighted by molar-refractivity contribution is 5.87. The molecule has 2 N–H and O–H groups in total. The molecule has 0 aromatic heterocycles. The highest BCUT2D eigenvalue weighted by Crippen LogP contribution is 2.23. The third-order valence-corrected chi connectivity index (χ3v) is 2.61. The number of carboxylic acid groups (broad SMARTS) is 1. The van der Waals surface area contributed by atoms with E-state index in [2.05, 4.69) is 11.2 Å². The van der Waals surface area contributed by atoms with Crippen molar-refractivity contribution in [3.8, 4) is 12.3 Å². The summed E-state index contributed by atoms with van der Waals surface area (Å²) < 4.78 is 5.17. The number of benzene rings is 1. The number of aliphatic carboxylic acids is 1. The maximum Gasteiger partial charge on any atom is 0.412 e. The Bertz CT molecular complexity index is 606. The van der Waals surface area contributed by atoms with E-state index < -0.39 is 17.7 Å². The Morgan fingerprint density at radius 1 is 1.38 bits per heavy atom. The van der Waals surface area contributed by atoms with Crippen LogP contribution in [0.25, 0.3) is 0 Å². The van der Waals surface area contributed by atoms with Crippen LogP contribution < -0.4 is 5.32 Å². The average molecular weight is 289 g/mol. The van der Waals surface area contributed by atoms with Gasteiger partial charge in [-0.2, -0.15) is 0 Å². The number of hydrogen-bond acceptors (Lipinski definition) is 3. The van der Waals surface area contributed by atoms with Gasteiger partial charge in [0.1, 0.15) is 5.60 Å². The van der Waals surface area contributed by atoms with Crippen LogP contribution in [0.4, 0.5) is 10.5 Å². The van der Waals surface area contributed by atoms with Crippen molar-refractivity contribution in [3.05, 3.63) is 28.8 Å². The van der Waals surface area contributed by atoms with E-state index in [1.807, 2.05) is 0 Å². The molecule has 1 rings (SSSR count). The Balaban J connectivity index is 3.08. The van der Waals surface area contributed by atoms with Crippen LogP contribution in [0.3, 0.4) is 0 Å². The summed E-state index contributed by atoms with van der Waals surface area (Å²) in [6.45, 7) is 7.03. The molecule has 0 saturated heterocycles. The van der Waals surface area contributed by atoms with Crippen molar-refractivity contribution in [2.45, 2.75) is 39.7 Å². The smallest absolute Gasteiger partial charge is 0.412 e. The van der Waals surface area contributed by atoms with E-state index in [0.717, 1.165) is 0 Å². The predicted molar refractivity (Wildman–Crippen MR) is 80.3 cm³/mol. The SMILES string of the molecule is C#Cc1cc(CC(=O)O)cc(NC(=O)OC(C)(C)C)c1C. The normalized spacial score (nSPS) is 10.6. The molecule has 1 aromatic carbocycles. The van der Waals surface area contributed by atoms with Crippen molar-refractivity contribution >= 4 is 17.7 Å². The number of nitrogens with one attached hydrogen (secondary N) is 1. The molecule has 5 heteroatoms. The Morgan fingerprint density at radius 3 is 2.48 bits per heavy atom. The zero-order valence-corrected chi connectivity index (χ0v) is 12.6. The number of amides is 1. The van der Waals surface area contributed by atoms with Crippen LogP contribution in [0, 0.1) is 19.3 Å². The largest absolute Gasteiger partial charge is 0.481 e. The van der Waals surface area contributed by atoms with Crippen LogP contribution in [-0.2, 0) is 16.0 Å². The lowest BCUT2D eigenvalue weighted by molar-refractivity contribution is -0.136. The van der Waals surface area contributed by atoms with Gasteiger partial charge in [0.05, 0.1) is 6.42 Å². The van der Waals surface area contributed by atoms with Crippen LogP contribution in [0.5, 0.6) is 0 Å². The highest BCUT2D eigenvalue weighted by atomic mass is 16.6.